The molecule has 0 heterocycles. The lowest BCUT2D eigenvalue weighted by atomic mass is 9.85. The maximum Gasteiger partial charge on any atom is 0.254 e. The lowest BCUT2D eigenvalue weighted by Crippen LogP contribution is -2.34. The first kappa shape index (κ1) is 10.3. The normalized spacial score (nSPS) is 41.2. The minimum Gasteiger partial charge on any atom is -0.228 e. The maximum absolute atomic E-state index is 12.9. The molecule has 14 heavy (non-hydrogen) atoms. The fourth-order valence-corrected chi connectivity index (χ4v) is 3.29. The van der Waals surface area contributed by atoms with E-state index in [1.54, 1.807) is 0 Å². The van der Waals surface area contributed by atoms with Gasteiger partial charge in [-0.05, 0) is 25.7 Å². The van der Waals surface area contributed by atoms with Crippen LogP contribution < -0.4 is 5.14 Å². The molecule has 0 bridgehead atoms. The second kappa shape index (κ2) is 2.66. The van der Waals surface area contributed by atoms with E-state index in [0.717, 1.165) is 0 Å². The average molecular weight is 225 g/mol. The number of rotatable bonds is 1. The van der Waals surface area contributed by atoms with Gasteiger partial charge in [-0.25, -0.2) is 22.3 Å². The fraction of sp³-hybridized carbons (Fsp3) is 1.00. The summed E-state index contributed by atoms with van der Waals surface area (Å²) in [5.74, 6) is -2.56. The Bertz CT molecular complexity index is 344. The van der Waals surface area contributed by atoms with E-state index < -0.39 is 26.6 Å². The molecule has 0 aromatic heterocycles. The second-order valence-electron chi connectivity index (χ2n) is 4.45. The average Bonchev–Trinajstić information content (AvgIpc) is 2.51. The highest BCUT2D eigenvalue weighted by Crippen LogP contribution is 2.67. The van der Waals surface area contributed by atoms with Crippen molar-refractivity contribution in [1.29, 1.82) is 0 Å². The Hall–Kier alpha value is -0.230. The Balaban J connectivity index is 2.01. The number of primary sulfonamides is 1. The molecular formula is C8H13F2NO2S. The smallest absolute Gasteiger partial charge is 0.228 e. The minimum atomic E-state index is -3.53. The highest BCUT2D eigenvalue weighted by molar-refractivity contribution is 7.89. The van der Waals surface area contributed by atoms with Gasteiger partial charge in [-0.2, -0.15) is 0 Å². The van der Waals surface area contributed by atoms with E-state index in [-0.39, 0.29) is 19.3 Å². The number of nitrogens with two attached hydrogens (primary N) is 1. The van der Waals surface area contributed by atoms with Crippen molar-refractivity contribution in [2.24, 2.45) is 10.6 Å². The number of sulfonamides is 1. The Morgan fingerprint density at radius 3 is 1.93 bits per heavy atom. The highest BCUT2D eigenvalue weighted by Gasteiger charge is 2.70. The van der Waals surface area contributed by atoms with Gasteiger partial charge in [-0.1, -0.05) is 0 Å². The van der Waals surface area contributed by atoms with E-state index in [2.05, 4.69) is 0 Å². The third-order valence-corrected chi connectivity index (χ3v) is 4.97. The van der Waals surface area contributed by atoms with Crippen molar-refractivity contribution in [3.63, 3.8) is 0 Å². The van der Waals surface area contributed by atoms with Crippen LogP contribution in [0.15, 0.2) is 0 Å². The Morgan fingerprint density at radius 2 is 1.64 bits per heavy atom. The van der Waals surface area contributed by atoms with Gasteiger partial charge in [-0.3, -0.25) is 0 Å². The second-order valence-corrected chi connectivity index (χ2v) is 6.29. The third-order valence-electron chi connectivity index (χ3n) is 3.57. The number of hydrogen-bond acceptors (Lipinski definition) is 2. The summed E-state index contributed by atoms with van der Waals surface area (Å²) in [6.07, 6.45) is 1.09. The van der Waals surface area contributed by atoms with Crippen molar-refractivity contribution < 1.29 is 17.2 Å². The third kappa shape index (κ3) is 1.44. The summed E-state index contributed by atoms with van der Waals surface area (Å²) in [5, 5.41) is 4.36. The van der Waals surface area contributed by atoms with Gasteiger partial charge in [0.15, 0.2) is 0 Å². The van der Waals surface area contributed by atoms with Crippen molar-refractivity contribution >= 4 is 10.0 Å². The van der Waals surface area contributed by atoms with Crippen molar-refractivity contribution in [2.75, 3.05) is 0 Å². The molecule has 6 heteroatoms. The molecule has 2 aliphatic rings. The maximum atomic E-state index is 12.9. The van der Waals surface area contributed by atoms with Gasteiger partial charge in [0.25, 0.3) is 5.92 Å². The first-order valence-corrected chi connectivity index (χ1v) is 6.27. The van der Waals surface area contributed by atoms with Crippen LogP contribution in [-0.4, -0.2) is 19.6 Å². The van der Waals surface area contributed by atoms with E-state index in [1.807, 2.05) is 0 Å². The predicted octanol–water partition coefficient (Wildman–Crippen LogP) is 1.24. The predicted molar refractivity (Wildman–Crippen MR) is 47.4 cm³/mol. The molecule has 2 fully saturated rings. The zero-order valence-electron chi connectivity index (χ0n) is 7.67. The standard InChI is InChI=1S/C8H13F2NO2S/c9-8(10)5-7(8)3-1-6(2-4-7)14(11,12)13/h6H,1-5H2,(H2,11,12,13). The molecule has 0 amide bonds. The van der Waals surface area contributed by atoms with E-state index in [4.69, 9.17) is 5.14 Å². The van der Waals surface area contributed by atoms with Crippen LogP contribution in [0.1, 0.15) is 32.1 Å². The molecule has 0 saturated heterocycles. The Kier molecular flexibility index (Phi) is 1.96. The molecule has 0 radical (unpaired) electrons. The summed E-state index contributed by atoms with van der Waals surface area (Å²) in [5.41, 5.74) is -0.881. The summed E-state index contributed by atoms with van der Waals surface area (Å²) >= 11 is 0. The van der Waals surface area contributed by atoms with Gasteiger partial charge in [0.05, 0.1) is 5.25 Å². The highest BCUT2D eigenvalue weighted by atomic mass is 32.2. The topological polar surface area (TPSA) is 60.2 Å². The molecule has 2 N–H and O–H groups in total. The quantitative estimate of drug-likeness (QED) is 0.730. The summed E-state index contributed by atoms with van der Waals surface area (Å²) in [6, 6.07) is 0. The molecular weight excluding hydrogens is 212 g/mol. The molecule has 0 unspecified atom stereocenters. The van der Waals surface area contributed by atoms with Crippen molar-refractivity contribution in [3.8, 4) is 0 Å². The molecule has 82 valence electrons. The van der Waals surface area contributed by atoms with Gasteiger partial charge in [0.1, 0.15) is 0 Å². The van der Waals surface area contributed by atoms with Crippen LogP contribution >= 0.6 is 0 Å². The number of alkyl halides is 2. The van der Waals surface area contributed by atoms with Crippen LogP contribution in [0, 0.1) is 5.41 Å². The van der Waals surface area contributed by atoms with Crippen LogP contribution in [0.25, 0.3) is 0 Å². The molecule has 2 aliphatic carbocycles. The van der Waals surface area contributed by atoms with Crippen molar-refractivity contribution in [2.45, 2.75) is 43.3 Å². The van der Waals surface area contributed by atoms with Gasteiger partial charge < -0.3 is 0 Å². The van der Waals surface area contributed by atoms with Crippen LogP contribution in [-0.2, 0) is 10.0 Å². The molecule has 2 saturated carbocycles. The SMILES string of the molecule is NS(=O)(=O)C1CCC2(CC1)CC2(F)F. The summed E-state index contributed by atoms with van der Waals surface area (Å²) in [7, 11) is -3.53. The van der Waals surface area contributed by atoms with Crippen molar-refractivity contribution in [1.82, 2.24) is 0 Å². The summed E-state index contributed by atoms with van der Waals surface area (Å²) in [4.78, 5) is 0. The molecule has 0 atom stereocenters. The molecule has 1 spiro atoms. The number of hydrogen-bond donors (Lipinski definition) is 1. The van der Waals surface area contributed by atoms with Gasteiger partial charge in [-0.15, -0.1) is 0 Å². The van der Waals surface area contributed by atoms with Crippen LogP contribution in [0.4, 0.5) is 8.78 Å². The van der Waals surface area contributed by atoms with Gasteiger partial charge >= 0.3 is 0 Å². The largest absolute Gasteiger partial charge is 0.254 e. The van der Waals surface area contributed by atoms with E-state index in [0.29, 0.717) is 12.8 Å². The summed E-state index contributed by atoms with van der Waals surface area (Å²) in [6.45, 7) is 0. The molecule has 3 nitrogen and oxygen atoms in total. The Morgan fingerprint density at radius 1 is 1.21 bits per heavy atom. The van der Waals surface area contributed by atoms with Gasteiger partial charge in [0, 0.05) is 11.8 Å². The Labute approximate surface area is 81.7 Å². The molecule has 0 aromatic rings. The van der Waals surface area contributed by atoms with E-state index in [9.17, 15) is 17.2 Å². The molecule has 0 aromatic carbocycles. The van der Waals surface area contributed by atoms with Gasteiger partial charge in [0.2, 0.25) is 10.0 Å². The van der Waals surface area contributed by atoms with Crippen LogP contribution in [0.2, 0.25) is 0 Å². The minimum absolute atomic E-state index is 0.0721. The zero-order chi connectivity index (χ0) is 10.6. The first-order chi connectivity index (χ1) is 6.27. The van der Waals surface area contributed by atoms with Crippen LogP contribution in [0.3, 0.4) is 0 Å². The lowest BCUT2D eigenvalue weighted by Gasteiger charge is -2.26. The zero-order valence-corrected chi connectivity index (χ0v) is 8.49. The van der Waals surface area contributed by atoms with E-state index in [1.165, 1.54) is 0 Å². The van der Waals surface area contributed by atoms with E-state index >= 15 is 0 Å². The molecule has 2 rings (SSSR count). The lowest BCUT2D eigenvalue weighted by molar-refractivity contribution is 0.0485. The fourth-order valence-electron chi connectivity index (χ4n) is 2.40. The van der Waals surface area contributed by atoms with Crippen molar-refractivity contribution in [3.05, 3.63) is 0 Å². The first-order valence-electron chi connectivity index (χ1n) is 4.66. The number of halogens is 2. The molecule has 0 aliphatic heterocycles. The monoisotopic (exact) mass is 225 g/mol. The van der Waals surface area contributed by atoms with Crippen LogP contribution in [0.5, 0.6) is 0 Å². The summed E-state index contributed by atoms with van der Waals surface area (Å²) < 4.78 is 47.8.